The fourth-order valence-corrected chi connectivity index (χ4v) is 2.45. The maximum absolute atomic E-state index is 11.5. The Morgan fingerprint density at radius 2 is 2.06 bits per heavy atom. The highest BCUT2D eigenvalue weighted by Gasteiger charge is 2.31. The molecule has 1 rings (SSSR count). The Morgan fingerprint density at radius 1 is 1.47 bits per heavy atom. The quantitative estimate of drug-likeness (QED) is 0.850. The average molecular weight is 278 g/mol. The first-order valence-corrected chi connectivity index (χ1v) is 8.52. The van der Waals surface area contributed by atoms with Crippen LogP contribution in [0.25, 0.3) is 0 Å². The molecule has 0 amide bonds. The molecular formula is C11H22N2O2S2. The lowest BCUT2D eigenvalue weighted by Gasteiger charge is -2.29. The van der Waals surface area contributed by atoms with Crippen LogP contribution in [0.5, 0.6) is 0 Å². The largest absolute Gasteiger partial charge is 0.363 e. The van der Waals surface area contributed by atoms with E-state index in [4.69, 9.17) is 0 Å². The van der Waals surface area contributed by atoms with E-state index in [1.54, 1.807) is 25.6 Å². The van der Waals surface area contributed by atoms with Gasteiger partial charge in [-0.05, 0) is 19.3 Å². The van der Waals surface area contributed by atoms with Crippen LogP contribution in [0.1, 0.15) is 27.7 Å². The summed E-state index contributed by atoms with van der Waals surface area (Å²) in [5, 5.41) is 4.00. The fraction of sp³-hybridized carbons (Fsp3) is 0.909. The van der Waals surface area contributed by atoms with Gasteiger partial charge in [0.2, 0.25) is 0 Å². The molecule has 6 heteroatoms. The molecule has 0 aromatic carbocycles. The molecule has 1 heterocycles. The zero-order valence-corrected chi connectivity index (χ0v) is 12.8. The molecule has 4 nitrogen and oxygen atoms in total. The Bertz CT molecular complexity index is 411. The molecule has 0 spiro atoms. The molecule has 0 saturated heterocycles. The van der Waals surface area contributed by atoms with Crippen LogP contribution in [0, 0.1) is 5.41 Å². The molecule has 1 aliphatic rings. The SMILES string of the molecule is CC1(C)CN=C(NCC(C)(C)S(C)(=O)=O)SC1. The summed E-state index contributed by atoms with van der Waals surface area (Å²) >= 11 is 1.67. The third-order valence-corrected chi connectivity index (χ3v) is 6.54. The molecule has 0 fully saturated rings. The van der Waals surface area contributed by atoms with Crippen LogP contribution < -0.4 is 5.32 Å². The smallest absolute Gasteiger partial charge is 0.156 e. The Morgan fingerprint density at radius 3 is 2.47 bits per heavy atom. The summed E-state index contributed by atoms with van der Waals surface area (Å²) in [4.78, 5) is 4.44. The van der Waals surface area contributed by atoms with Gasteiger partial charge in [0.05, 0.1) is 4.75 Å². The zero-order valence-electron chi connectivity index (χ0n) is 11.2. The maximum Gasteiger partial charge on any atom is 0.156 e. The molecule has 0 aliphatic carbocycles. The summed E-state index contributed by atoms with van der Waals surface area (Å²) < 4.78 is 22.3. The van der Waals surface area contributed by atoms with Gasteiger partial charge in [0.15, 0.2) is 15.0 Å². The number of nitrogens with one attached hydrogen (secondary N) is 1. The summed E-state index contributed by atoms with van der Waals surface area (Å²) in [6.07, 6.45) is 1.27. The molecular weight excluding hydrogens is 256 g/mol. The van der Waals surface area contributed by atoms with E-state index < -0.39 is 14.6 Å². The Hall–Kier alpha value is -0.230. The van der Waals surface area contributed by atoms with E-state index in [0.29, 0.717) is 6.54 Å². The first-order valence-electron chi connectivity index (χ1n) is 5.64. The zero-order chi connectivity index (χ0) is 13.3. The normalized spacial score (nSPS) is 20.9. The maximum atomic E-state index is 11.5. The standard InChI is InChI=1S/C11H22N2O2S2/c1-10(2)6-12-9(16-8-10)13-7-11(3,4)17(5,14)15/h6-8H2,1-5H3,(H,12,13). The van der Waals surface area contributed by atoms with Gasteiger partial charge >= 0.3 is 0 Å². The molecule has 0 unspecified atom stereocenters. The van der Waals surface area contributed by atoms with Crippen LogP contribution in [0.3, 0.4) is 0 Å². The van der Waals surface area contributed by atoms with Gasteiger partial charge in [-0.3, -0.25) is 4.99 Å². The number of nitrogens with zero attached hydrogens (tertiary/aromatic N) is 1. The highest BCUT2D eigenvalue weighted by molar-refractivity contribution is 8.13. The lowest BCUT2D eigenvalue weighted by atomic mass is 9.97. The van der Waals surface area contributed by atoms with Gasteiger partial charge in [-0.25, -0.2) is 8.42 Å². The highest BCUT2D eigenvalue weighted by atomic mass is 32.2. The van der Waals surface area contributed by atoms with Crippen molar-refractivity contribution in [1.82, 2.24) is 5.32 Å². The lowest BCUT2D eigenvalue weighted by molar-refractivity contribution is 0.436. The van der Waals surface area contributed by atoms with E-state index in [-0.39, 0.29) is 5.41 Å². The topological polar surface area (TPSA) is 58.5 Å². The Kier molecular flexibility index (Phi) is 4.19. The number of hydrogen-bond acceptors (Lipinski definition) is 5. The van der Waals surface area contributed by atoms with Crippen LogP contribution in [0.4, 0.5) is 0 Å². The third-order valence-electron chi connectivity index (χ3n) is 2.92. The second-order valence-corrected chi connectivity index (χ2v) is 9.57. The van der Waals surface area contributed by atoms with Gasteiger partial charge in [0.1, 0.15) is 0 Å². The van der Waals surface area contributed by atoms with Crippen LogP contribution in [0.2, 0.25) is 0 Å². The van der Waals surface area contributed by atoms with Crippen molar-refractivity contribution in [2.75, 3.05) is 25.1 Å². The van der Waals surface area contributed by atoms with Crippen molar-refractivity contribution >= 4 is 26.8 Å². The second-order valence-electron chi connectivity index (χ2n) is 5.96. The van der Waals surface area contributed by atoms with Crippen molar-refractivity contribution in [3.8, 4) is 0 Å². The number of amidine groups is 1. The van der Waals surface area contributed by atoms with Gasteiger partial charge in [-0.1, -0.05) is 25.6 Å². The molecule has 0 aromatic heterocycles. The van der Waals surface area contributed by atoms with Gasteiger partial charge in [0.25, 0.3) is 0 Å². The van der Waals surface area contributed by atoms with Crippen molar-refractivity contribution in [2.24, 2.45) is 10.4 Å². The highest BCUT2D eigenvalue weighted by Crippen LogP contribution is 2.27. The minimum atomic E-state index is -3.05. The molecule has 0 saturated carbocycles. The predicted octanol–water partition coefficient (Wildman–Crippen LogP) is 1.53. The lowest BCUT2D eigenvalue weighted by Crippen LogP contribution is -2.44. The van der Waals surface area contributed by atoms with Gasteiger partial charge in [-0.15, -0.1) is 0 Å². The summed E-state index contributed by atoms with van der Waals surface area (Å²) in [5.41, 5.74) is 0.238. The molecule has 0 aromatic rings. The first-order chi connectivity index (χ1) is 7.54. The molecule has 0 atom stereocenters. The molecule has 0 bridgehead atoms. The second kappa shape index (κ2) is 4.80. The molecule has 1 aliphatic heterocycles. The van der Waals surface area contributed by atoms with E-state index in [2.05, 4.69) is 24.2 Å². The van der Waals surface area contributed by atoms with Gasteiger partial charge < -0.3 is 5.32 Å². The monoisotopic (exact) mass is 278 g/mol. The van der Waals surface area contributed by atoms with Crippen molar-refractivity contribution in [2.45, 2.75) is 32.4 Å². The minimum absolute atomic E-state index is 0.238. The number of sulfone groups is 1. The number of thioether (sulfide) groups is 1. The number of hydrogen-bond donors (Lipinski definition) is 1. The van der Waals surface area contributed by atoms with E-state index in [9.17, 15) is 8.42 Å². The van der Waals surface area contributed by atoms with Crippen LogP contribution in [-0.4, -0.2) is 43.4 Å². The summed E-state index contributed by atoms with van der Waals surface area (Å²) in [6.45, 7) is 9.02. The predicted molar refractivity (Wildman–Crippen MR) is 75.5 cm³/mol. The Labute approximate surface area is 109 Å². The molecule has 1 N–H and O–H groups in total. The number of aliphatic imine (C=N–C) groups is 1. The van der Waals surface area contributed by atoms with E-state index in [1.165, 1.54) is 6.26 Å². The average Bonchev–Trinajstić information content (AvgIpc) is 2.14. The van der Waals surface area contributed by atoms with Crippen molar-refractivity contribution in [1.29, 1.82) is 0 Å². The molecule has 100 valence electrons. The van der Waals surface area contributed by atoms with Crippen molar-refractivity contribution in [3.63, 3.8) is 0 Å². The van der Waals surface area contributed by atoms with E-state index in [1.807, 2.05) is 0 Å². The summed E-state index contributed by atoms with van der Waals surface area (Å²) in [7, 11) is -3.05. The van der Waals surface area contributed by atoms with Crippen LogP contribution in [-0.2, 0) is 9.84 Å². The number of rotatable bonds is 3. The van der Waals surface area contributed by atoms with Gasteiger partial charge in [-0.2, -0.15) is 0 Å². The first kappa shape index (κ1) is 14.8. The van der Waals surface area contributed by atoms with Crippen molar-refractivity contribution in [3.05, 3.63) is 0 Å². The van der Waals surface area contributed by atoms with Gasteiger partial charge in [0, 0.05) is 25.1 Å². The van der Waals surface area contributed by atoms with E-state index >= 15 is 0 Å². The molecule has 17 heavy (non-hydrogen) atoms. The van der Waals surface area contributed by atoms with Crippen molar-refractivity contribution < 1.29 is 8.42 Å². The van der Waals surface area contributed by atoms with E-state index in [0.717, 1.165) is 17.5 Å². The van der Waals surface area contributed by atoms with Crippen LogP contribution in [0.15, 0.2) is 4.99 Å². The Balaban J connectivity index is 2.56. The minimum Gasteiger partial charge on any atom is -0.363 e. The summed E-state index contributed by atoms with van der Waals surface area (Å²) in [6, 6.07) is 0. The third kappa shape index (κ3) is 4.17. The summed E-state index contributed by atoms with van der Waals surface area (Å²) in [5.74, 6) is 1.01. The van der Waals surface area contributed by atoms with Crippen LogP contribution >= 0.6 is 11.8 Å². The fourth-order valence-electron chi connectivity index (χ4n) is 1.17. The molecule has 0 radical (unpaired) electrons.